The molecular weight excluding hydrogens is 394 g/mol. The van der Waals surface area contributed by atoms with Crippen LogP contribution in [0, 0.1) is 5.92 Å². The van der Waals surface area contributed by atoms with Gasteiger partial charge in [0.15, 0.2) is 0 Å². The second kappa shape index (κ2) is 8.89. The van der Waals surface area contributed by atoms with Gasteiger partial charge in [-0.3, -0.25) is 4.79 Å². The first-order valence-electron chi connectivity index (χ1n) is 10.5. The summed E-state index contributed by atoms with van der Waals surface area (Å²) in [5, 5.41) is 14.5. The van der Waals surface area contributed by atoms with E-state index >= 15 is 0 Å². The molecule has 2 aliphatic rings. The number of allylic oxidation sites excluding steroid dienone is 2. The quantitative estimate of drug-likeness (QED) is 0.569. The summed E-state index contributed by atoms with van der Waals surface area (Å²) in [5.74, 6) is 0.116. The van der Waals surface area contributed by atoms with E-state index in [1.807, 2.05) is 47.4 Å². The summed E-state index contributed by atoms with van der Waals surface area (Å²) in [6, 6.07) is 13.1. The van der Waals surface area contributed by atoms with Crippen molar-refractivity contribution in [2.75, 3.05) is 25.1 Å². The number of hydrogen-bond acceptors (Lipinski definition) is 6. The van der Waals surface area contributed by atoms with E-state index in [2.05, 4.69) is 10.3 Å². The maximum atomic E-state index is 13.0. The molecule has 2 N–H and O–H groups in total. The zero-order valence-electron chi connectivity index (χ0n) is 17.5. The van der Waals surface area contributed by atoms with Crippen LogP contribution in [0.3, 0.4) is 0 Å². The Morgan fingerprint density at radius 1 is 1.16 bits per heavy atom. The van der Waals surface area contributed by atoms with Gasteiger partial charge >= 0.3 is 5.97 Å². The Bertz CT molecular complexity index is 953. The van der Waals surface area contributed by atoms with Crippen LogP contribution >= 0.6 is 0 Å². The SMILES string of the molecule is COC(=O)c1ccc(N2CC[C@](NC(=O)C3CC=CC3)(c3ccccc3)[C@H](O)C2)nc1. The van der Waals surface area contributed by atoms with Crippen LogP contribution in [-0.4, -0.2) is 48.3 Å². The number of anilines is 1. The van der Waals surface area contributed by atoms with Gasteiger partial charge in [0.05, 0.1) is 24.3 Å². The van der Waals surface area contributed by atoms with Gasteiger partial charge in [0, 0.05) is 25.2 Å². The molecule has 1 fully saturated rings. The van der Waals surface area contributed by atoms with Gasteiger partial charge in [0.1, 0.15) is 5.82 Å². The number of esters is 1. The normalized spacial score (nSPS) is 23.5. The largest absolute Gasteiger partial charge is 0.465 e. The van der Waals surface area contributed by atoms with Crippen molar-refractivity contribution in [3.63, 3.8) is 0 Å². The summed E-state index contributed by atoms with van der Waals surface area (Å²) >= 11 is 0. The lowest BCUT2D eigenvalue weighted by Crippen LogP contribution is -2.62. The Kier molecular flexibility index (Phi) is 6.04. The molecule has 0 spiro atoms. The topological polar surface area (TPSA) is 91.8 Å². The zero-order valence-corrected chi connectivity index (χ0v) is 17.5. The van der Waals surface area contributed by atoms with Crippen molar-refractivity contribution in [2.45, 2.75) is 30.9 Å². The molecule has 4 rings (SSSR count). The van der Waals surface area contributed by atoms with Crippen molar-refractivity contribution in [1.29, 1.82) is 0 Å². The molecular formula is C24H27N3O4. The standard InChI is InChI=1S/C24H27N3O4/c1-31-23(30)18-11-12-21(25-15-18)27-14-13-24(20(28)16-27,19-9-3-2-4-10-19)26-22(29)17-7-5-6-8-17/h2-6,9-12,15,17,20,28H,7-8,13-14,16H2,1H3,(H,26,29)/t20-,24+/m1/s1. The molecule has 31 heavy (non-hydrogen) atoms. The number of rotatable bonds is 5. The van der Waals surface area contributed by atoms with Crippen molar-refractivity contribution in [3.05, 3.63) is 71.9 Å². The number of amides is 1. The number of aromatic nitrogens is 1. The molecule has 0 bridgehead atoms. The third kappa shape index (κ3) is 4.18. The molecule has 1 aromatic carbocycles. The lowest BCUT2D eigenvalue weighted by molar-refractivity contribution is -0.129. The molecule has 0 unspecified atom stereocenters. The van der Waals surface area contributed by atoms with Gasteiger partial charge in [-0.2, -0.15) is 0 Å². The highest BCUT2D eigenvalue weighted by molar-refractivity contribution is 5.89. The number of hydrogen-bond donors (Lipinski definition) is 2. The summed E-state index contributed by atoms with van der Waals surface area (Å²) in [7, 11) is 1.33. The van der Waals surface area contributed by atoms with E-state index in [1.54, 1.807) is 12.1 Å². The van der Waals surface area contributed by atoms with E-state index in [-0.39, 0.29) is 11.8 Å². The number of β-amino-alcohol motifs (C(OH)–C–C–N with tert-alkyl or cyclic N) is 1. The first-order valence-corrected chi connectivity index (χ1v) is 10.5. The highest BCUT2D eigenvalue weighted by Crippen LogP contribution is 2.35. The van der Waals surface area contributed by atoms with Crippen molar-refractivity contribution < 1.29 is 19.4 Å². The summed E-state index contributed by atoms with van der Waals surface area (Å²) in [6.07, 6.45) is 6.70. The maximum Gasteiger partial charge on any atom is 0.339 e. The minimum absolute atomic E-state index is 0.0260. The van der Waals surface area contributed by atoms with E-state index in [9.17, 15) is 14.7 Å². The Balaban J connectivity index is 1.55. The molecule has 7 nitrogen and oxygen atoms in total. The monoisotopic (exact) mass is 421 g/mol. The van der Waals surface area contributed by atoms with Gasteiger partial charge < -0.3 is 20.1 Å². The molecule has 7 heteroatoms. The summed E-state index contributed by atoms with van der Waals surface area (Å²) in [4.78, 5) is 31.0. The lowest BCUT2D eigenvalue weighted by Gasteiger charge is -2.47. The van der Waals surface area contributed by atoms with E-state index in [0.717, 1.165) is 18.4 Å². The number of aliphatic hydroxyl groups is 1. The number of methoxy groups -OCH3 is 1. The van der Waals surface area contributed by atoms with E-state index in [1.165, 1.54) is 13.3 Å². The van der Waals surface area contributed by atoms with Gasteiger partial charge in [0.2, 0.25) is 5.91 Å². The molecule has 0 saturated carbocycles. The molecule has 2 aromatic rings. The number of benzene rings is 1. The van der Waals surface area contributed by atoms with Crippen LogP contribution in [0.1, 0.15) is 35.2 Å². The Morgan fingerprint density at radius 3 is 2.52 bits per heavy atom. The minimum Gasteiger partial charge on any atom is -0.465 e. The smallest absolute Gasteiger partial charge is 0.339 e. The molecule has 162 valence electrons. The first kappa shape index (κ1) is 21.1. The van der Waals surface area contributed by atoms with E-state index in [0.29, 0.717) is 30.9 Å². The number of nitrogens with zero attached hydrogens (tertiary/aromatic N) is 2. The third-order valence-corrected chi connectivity index (χ3v) is 6.25. The Labute approximate surface area is 181 Å². The minimum atomic E-state index is -0.858. The van der Waals surface area contributed by atoms with E-state index in [4.69, 9.17) is 4.74 Å². The van der Waals surface area contributed by atoms with Crippen LogP contribution < -0.4 is 10.2 Å². The van der Waals surface area contributed by atoms with Crippen LogP contribution in [0.4, 0.5) is 5.82 Å². The van der Waals surface area contributed by atoms with Gasteiger partial charge in [-0.1, -0.05) is 42.5 Å². The average Bonchev–Trinajstić information content (AvgIpc) is 3.36. The van der Waals surface area contributed by atoms with Gasteiger partial charge in [0.25, 0.3) is 0 Å². The number of pyridine rings is 1. The van der Waals surface area contributed by atoms with Crippen molar-refractivity contribution in [3.8, 4) is 0 Å². The average molecular weight is 421 g/mol. The van der Waals surface area contributed by atoms with Crippen LogP contribution in [0.5, 0.6) is 0 Å². The predicted octanol–water partition coefficient (Wildman–Crippen LogP) is 2.42. The van der Waals surface area contributed by atoms with Gasteiger partial charge in [-0.15, -0.1) is 0 Å². The molecule has 2 heterocycles. The number of ether oxygens (including phenoxy) is 1. The molecule has 1 saturated heterocycles. The Morgan fingerprint density at radius 2 is 1.90 bits per heavy atom. The van der Waals surface area contributed by atoms with Crippen molar-refractivity contribution in [1.82, 2.24) is 10.3 Å². The highest BCUT2D eigenvalue weighted by Gasteiger charge is 2.46. The molecule has 0 radical (unpaired) electrons. The fourth-order valence-electron chi connectivity index (χ4n) is 4.40. The first-order chi connectivity index (χ1) is 15.0. The molecule has 1 aliphatic heterocycles. The van der Waals surface area contributed by atoms with Crippen LogP contribution in [0.2, 0.25) is 0 Å². The molecule has 1 amide bonds. The lowest BCUT2D eigenvalue weighted by atomic mass is 9.78. The van der Waals surface area contributed by atoms with Crippen LogP contribution in [-0.2, 0) is 15.1 Å². The second-order valence-electron chi connectivity index (χ2n) is 8.07. The van der Waals surface area contributed by atoms with Gasteiger partial charge in [-0.25, -0.2) is 9.78 Å². The molecule has 1 aromatic heterocycles. The number of nitrogens with one attached hydrogen (secondary N) is 1. The van der Waals surface area contributed by atoms with Crippen molar-refractivity contribution >= 4 is 17.7 Å². The zero-order chi connectivity index (χ0) is 21.8. The van der Waals surface area contributed by atoms with Crippen LogP contribution in [0.25, 0.3) is 0 Å². The predicted molar refractivity (Wildman–Crippen MR) is 117 cm³/mol. The number of piperidine rings is 1. The second-order valence-corrected chi connectivity index (χ2v) is 8.07. The number of carbonyl (C=O) groups is 2. The summed E-state index contributed by atoms with van der Waals surface area (Å²) in [6.45, 7) is 0.905. The number of carbonyl (C=O) groups excluding carboxylic acids is 2. The fourth-order valence-corrected chi connectivity index (χ4v) is 4.40. The molecule has 2 atom stereocenters. The van der Waals surface area contributed by atoms with Crippen LogP contribution in [0.15, 0.2) is 60.8 Å². The maximum absolute atomic E-state index is 13.0. The summed E-state index contributed by atoms with van der Waals surface area (Å²) in [5.41, 5.74) is 0.416. The number of aliphatic hydroxyl groups excluding tert-OH is 1. The molecule has 1 aliphatic carbocycles. The fraction of sp³-hybridized carbons (Fsp3) is 0.375. The van der Waals surface area contributed by atoms with Crippen molar-refractivity contribution in [2.24, 2.45) is 5.92 Å². The van der Waals surface area contributed by atoms with E-state index < -0.39 is 17.6 Å². The van der Waals surface area contributed by atoms with Gasteiger partial charge in [-0.05, 0) is 37.0 Å². The highest BCUT2D eigenvalue weighted by atomic mass is 16.5. The Hall–Kier alpha value is -3.19. The third-order valence-electron chi connectivity index (χ3n) is 6.25. The summed E-state index contributed by atoms with van der Waals surface area (Å²) < 4.78 is 4.72.